The molecule has 0 unspecified atom stereocenters. The highest BCUT2D eigenvalue weighted by Gasteiger charge is 2.07. The molecule has 0 saturated carbocycles. The van der Waals surface area contributed by atoms with Crippen LogP contribution in [-0.2, 0) is 6.54 Å². The number of rotatable bonds is 3. The molecule has 0 aliphatic heterocycles. The Morgan fingerprint density at radius 1 is 1.05 bits per heavy atom. The Labute approximate surface area is 135 Å². The Morgan fingerprint density at radius 3 is 2.55 bits per heavy atom. The zero-order chi connectivity index (χ0) is 14.1. The van der Waals surface area contributed by atoms with E-state index in [-0.39, 0.29) is 0 Å². The number of anilines is 1. The van der Waals surface area contributed by atoms with Gasteiger partial charge in [0, 0.05) is 22.7 Å². The van der Waals surface area contributed by atoms with Gasteiger partial charge in [-0.15, -0.1) is 0 Å². The van der Waals surface area contributed by atoms with Gasteiger partial charge in [0.25, 0.3) is 0 Å². The van der Waals surface area contributed by atoms with Crippen molar-refractivity contribution < 1.29 is 0 Å². The number of nitrogens with one attached hydrogen (secondary N) is 2. The van der Waals surface area contributed by atoms with E-state index in [2.05, 4.69) is 50.5 Å². The average Bonchev–Trinajstić information content (AvgIpc) is 2.84. The normalized spacial score (nSPS) is 10.9. The Balaban J connectivity index is 1.82. The Kier molecular flexibility index (Phi) is 3.92. The highest BCUT2D eigenvalue weighted by atomic mass is 79.9. The average molecular weight is 370 g/mol. The number of halogens is 3. The van der Waals surface area contributed by atoms with E-state index in [4.69, 9.17) is 23.2 Å². The third-order valence-corrected chi connectivity index (χ3v) is 4.15. The maximum absolute atomic E-state index is 6.20. The standard InChI is InChI=1S/C15H11BrCl2N2/c16-11-6-12(17)15(13(18)7-11)20-8-9-1-2-10-3-4-19-14(10)5-9/h1-7,19-20H,8H2. The summed E-state index contributed by atoms with van der Waals surface area (Å²) in [5.74, 6) is 0. The van der Waals surface area contributed by atoms with Crippen LogP contribution in [0.1, 0.15) is 5.56 Å². The second-order valence-corrected chi connectivity index (χ2v) is 6.23. The minimum absolute atomic E-state index is 0.602. The molecule has 2 N–H and O–H groups in total. The molecular weight excluding hydrogens is 359 g/mol. The summed E-state index contributed by atoms with van der Waals surface area (Å²) in [6.45, 7) is 0.663. The summed E-state index contributed by atoms with van der Waals surface area (Å²) in [5.41, 5.74) is 3.04. The van der Waals surface area contributed by atoms with Gasteiger partial charge in [0.2, 0.25) is 0 Å². The fourth-order valence-corrected chi connectivity index (χ4v) is 3.45. The molecule has 1 heterocycles. The van der Waals surface area contributed by atoms with Crippen molar-refractivity contribution in [2.75, 3.05) is 5.32 Å². The van der Waals surface area contributed by atoms with Gasteiger partial charge in [-0.3, -0.25) is 0 Å². The molecule has 0 spiro atoms. The number of fused-ring (bicyclic) bond motifs is 1. The van der Waals surface area contributed by atoms with Crippen LogP contribution in [0.4, 0.5) is 5.69 Å². The third kappa shape index (κ3) is 2.80. The van der Waals surface area contributed by atoms with Crippen LogP contribution in [0.2, 0.25) is 10.0 Å². The lowest BCUT2D eigenvalue weighted by Crippen LogP contribution is -2.00. The van der Waals surface area contributed by atoms with Gasteiger partial charge in [0.1, 0.15) is 0 Å². The maximum atomic E-state index is 6.20. The second-order valence-electron chi connectivity index (χ2n) is 4.50. The van der Waals surface area contributed by atoms with E-state index in [9.17, 15) is 0 Å². The lowest BCUT2D eigenvalue weighted by molar-refractivity contribution is 1.15. The number of hydrogen-bond acceptors (Lipinski definition) is 1. The van der Waals surface area contributed by atoms with Crippen LogP contribution >= 0.6 is 39.1 Å². The van der Waals surface area contributed by atoms with E-state index in [1.165, 1.54) is 5.39 Å². The van der Waals surface area contributed by atoms with E-state index >= 15 is 0 Å². The molecule has 0 saturated heterocycles. The van der Waals surface area contributed by atoms with Crippen molar-refractivity contribution in [2.24, 2.45) is 0 Å². The molecule has 2 nitrogen and oxygen atoms in total. The zero-order valence-electron chi connectivity index (χ0n) is 10.4. The number of aromatic amines is 1. The summed E-state index contributed by atoms with van der Waals surface area (Å²) < 4.78 is 0.867. The first kappa shape index (κ1) is 13.8. The number of benzene rings is 2. The summed E-state index contributed by atoms with van der Waals surface area (Å²) >= 11 is 15.8. The van der Waals surface area contributed by atoms with E-state index in [1.807, 2.05) is 18.3 Å². The second kappa shape index (κ2) is 5.68. The van der Waals surface area contributed by atoms with E-state index in [0.29, 0.717) is 16.6 Å². The lowest BCUT2D eigenvalue weighted by atomic mass is 10.1. The van der Waals surface area contributed by atoms with Gasteiger partial charge in [-0.2, -0.15) is 0 Å². The number of H-pyrrole nitrogens is 1. The molecule has 0 bridgehead atoms. The molecule has 2 aromatic carbocycles. The van der Waals surface area contributed by atoms with Crippen molar-refractivity contribution in [3.05, 3.63) is 62.7 Å². The van der Waals surface area contributed by atoms with Crippen LogP contribution in [0.5, 0.6) is 0 Å². The predicted molar refractivity (Wildman–Crippen MR) is 89.8 cm³/mol. The van der Waals surface area contributed by atoms with Gasteiger partial charge in [0.15, 0.2) is 0 Å². The molecule has 3 rings (SSSR count). The zero-order valence-corrected chi connectivity index (χ0v) is 13.5. The molecule has 0 aliphatic rings. The van der Waals surface area contributed by atoms with Crippen molar-refractivity contribution in [3.63, 3.8) is 0 Å². The fourth-order valence-electron chi connectivity index (χ4n) is 2.11. The van der Waals surface area contributed by atoms with Crippen molar-refractivity contribution >= 4 is 55.7 Å². The molecule has 5 heteroatoms. The predicted octanol–water partition coefficient (Wildman–Crippen LogP) is 5.85. The van der Waals surface area contributed by atoms with Crippen LogP contribution in [0, 0.1) is 0 Å². The van der Waals surface area contributed by atoms with Gasteiger partial charge >= 0.3 is 0 Å². The maximum Gasteiger partial charge on any atom is 0.0722 e. The van der Waals surface area contributed by atoms with Gasteiger partial charge in [-0.05, 0) is 35.2 Å². The highest BCUT2D eigenvalue weighted by molar-refractivity contribution is 9.10. The molecule has 20 heavy (non-hydrogen) atoms. The van der Waals surface area contributed by atoms with E-state index < -0.39 is 0 Å². The molecule has 0 amide bonds. The molecule has 0 radical (unpaired) electrons. The first-order chi connectivity index (χ1) is 9.63. The van der Waals surface area contributed by atoms with Crippen LogP contribution in [0.25, 0.3) is 10.9 Å². The molecule has 1 aromatic heterocycles. The first-order valence-corrected chi connectivity index (χ1v) is 7.63. The van der Waals surface area contributed by atoms with Crippen LogP contribution in [-0.4, -0.2) is 4.98 Å². The lowest BCUT2D eigenvalue weighted by Gasteiger charge is -2.11. The van der Waals surface area contributed by atoms with Crippen molar-refractivity contribution in [1.82, 2.24) is 4.98 Å². The van der Waals surface area contributed by atoms with Gasteiger partial charge in [-0.25, -0.2) is 0 Å². The van der Waals surface area contributed by atoms with Crippen molar-refractivity contribution in [2.45, 2.75) is 6.54 Å². The van der Waals surface area contributed by atoms with Crippen molar-refractivity contribution in [1.29, 1.82) is 0 Å². The molecule has 102 valence electrons. The Bertz CT molecular complexity index is 744. The smallest absolute Gasteiger partial charge is 0.0722 e. The molecular formula is C15H11BrCl2N2. The summed E-state index contributed by atoms with van der Waals surface area (Å²) in [6.07, 6.45) is 1.93. The minimum Gasteiger partial charge on any atom is -0.379 e. The number of hydrogen-bond donors (Lipinski definition) is 2. The summed E-state index contributed by atoms with van der Waals surface area (Å²) in [4.78, 5) is 3.20. The van der Waals surface area contributed by atoms with Gasteiger partial charge in [-0.1, -0.05) is 51.3 Å². The van der Waals surface area contributed by atoms with Crippen LogP contribution in [0.3, 0.4) is 0 Å². The Morgan fingerprint density at radius 2 is 1.80 bits per heavy atom. The molecule has 0 atom stereocenters. The van der Waals surface area contributed by atoms with Gasteiger partial charge in [0.05, 0.1) is 15.7 Å². The largest absolute Gasteiger partial charge is 0.379 e. The quantitative estimate of drug-likeness (QED) is 0.595. The van der Waals surface area contributed by atoms with Crippen LogP contribution < -0.4 is 5.32 Å². The SMILES string of the molecule is Clc1cc(Br)cc(Cl)c1NCc1ccc2cc[nH]c2c1. The molecule has 0 fully saturated rings. The summed E-state index contributed by atoms with van der Waals surface area (Å²) in [6, 6.07) is 12.0. The van der Waals surface area contributed by atoms with E-state index in [0.717, 1.165) is 21.2 Å². The number of aromatic nitrogens is 1. The fraction of sp³-hybridized carbons (Fsp3) is 0.0667. The van der Waals surface area contributed by atoms with Crippen LogP contribution in [0.15, 0.2) is 47.1 Å². The third-order valence-electron chi connectivity index (χ3n) is 3.10. The minimum atomic E-state index is 0.602. The summed E-state index contributed by atoms with van der Waals surface area (Å²) in [7, 11) is 0. The molecule has 0 aliphatic carbocycles. The van der Waals surface area contributed by atoms with E-state index in [1.54, 1.807) is 0 Å². The van der Waals surface area contributed by atoms with Gasteiger partial charge < -0.3 is 10.3 Å². The summed E-state index contributed by atoms with van der Waals surface area (Å²) in [5, 5.41) is 5.69. The monoisotopic (exact) mass is 368 g/mol. The topological polar surface area (TPSA) is 27.8 Å². The Hall–Kier alpha value is -1.16. The van der Waals surface area contributed by atoms with Crippen molar-refractivity contribution in [3.8, 4) is 0 Å². The first-order valence-electron chi connectivity index (χ1n) is 6.08. The molecule has 3 aromatic rings. The highest BCUT2D eigenvalue weighted by Crippen LogP contribution is 2.34.